The van der Waals surface area contributed by atoms with E-state index < -0.39 is 0 Å². The van der Waals surface area contributed by atoms with Gasteiger partial charge in [0.25, 0.3) is 5.91 Å². The van der Waals surface area contributed by atoms with E-state index in [1.54, 1.807) is 17.4 Å². The minimum Gasteiger partial charge on any atom is -0.458 e. The van der Waals surface area contributed by atoms with Crippen molar-refractivity contribution in [2.24, 2.45) is 0 Å². The number of rotatable bonds is 4. The number of nitrogens with one attached hydrogen (secondary N) is 1. The van der Waals surface area contributed by atoms with Gasteiger partial charge in [-0.15, -0.1) is 11.3 Å². The molecule has 0 aliphatic heterocycles. The lowest BCUT2D eigenvalue weighted by molar-refractivity contribution is 0.0948. The zero-order valence-electron chi connectivity index (χ0n) is 11.8. The normalized spacial score (nSPS) is 10.6. The Morgan fingerprint density at radius 2 is 2.23 bits per heavy atom. The van der Waals surface area contributed by atoms with Gasteiger partial charge in [-0.2, -0.15) is 0 Å². The van der Waals surface area contributed by atoms with Crippen LogP contribution in [0.15, 0.2) is 46.2 Å². The largest absolute Gasteiger partial charge is 0.458 e. The summed E-state index contributed by atoms with van der Waals surface area (Å²) >= 11 is 3.77. The van der Waals surface area contributed by atoms with E-state index in [1.807, 2.05) is 42.6 Å². The van der Waals surface area contributed by atoms with Gasteiger partial charge in [0.05, 0.1) is 11.6 Å². The van der Waals surface area contributed by atoms with E-state index in [0.29, 0.717) is 17.9 Å². The predicted molar refractivity (Wildman–Crippen MR) is 94.9 cm³/mol. The van der Waals surface area contributed by atoms with Crippen LogP contribution < -0.4 is 5.32 Å². The number of carbonyl (C=O) groups is 1. The Morgan fingerprint density at radius 1 is 1.36 bits per heavy atom. The Morgan fingerprint density at radius 3 is 2.95 bits per heavy atom. The van der Waals surface area contributed by atoms with Gasteiger partial charge in [0.2, 0.25) is 0 Å². The molecule has 0 bridgehead atoms. The molecule has 112 valence electrons. The average molecular weight is 424 g/mol. The fourth-order valence-electron chi connectivity index (χ4n) is 1.99. The third kappa shape index (κ3) is 3.56. The van der Waals surface area contributed by atoms with Crippen LogP contribution in [-0.2, 0) is 6.54 Å². The Labute approximate surface area is 145 Å². The number of hydrogen-bond donors (Lipinski definition) is 1. The third-order valence-electron chi connectivity index (χ3n) is 3.04. The summed E-state index contributed by atoms with van der Waals surface area (Å²) in [4.78, 5) is 16.5. The molecule has 6 heteroatoms. The van der Waals surface area contributed by atoms with Gasteiger partial charge >= 0.3 is 0 Å². The van der Waals surface area contributed by atoms with E-state index in [9.17, 15) is 4.79 Å². The number of hydrogen-bond acceptors (Lipinski definition) is 4. The van der Waals surface area contributed by atoms with Crippen molar-refractivity contribution in [3.8, 4) is 11.5 Å². The second kappa shape index (κ2) is 6.62. The first-order chi connectivity index (χ1) is 10.6. The SMILES string of the molecule is Cc1nc(-c2ccc(CNC(=O)c3cccc(I)c3)o2)cs1. The molecule has 4 nitrogen and oxygen atoms in total. The van der Waals surface area contributed by atoms with Gasteiger partial charge in [-0.3, -0.25) is 4.79 Å². The second-order valence-corrected chi connectivity index (χ2v) is 7.02. The maximum Gasteiger partial charge on any atom is 0.251 e. The molecule has 0 aliphatic rings. The summed E-state index contributed by atoms with van der Waals surface area (Å²) < 4.78 is 6.75. The molecule has 2 aromatic heterocycles. The van der Waals surface area contributed by atoms with Crippen molar-refractivity contribution in [1.82, 2.24) is 10.3 Å². The van der Waals surface area contributed by atoms with Crippen molar-refractivity contribution < 1.29 is 9.21 Å². The van der Waals surface area contributed by atoms with Crippen LogP contribution >= 0.6 is 33.9 Å². The summed E-state index contributed by atoms with van der Waals surface area (Å²) in [5, 5.41) is 5.82. The molecule has 1 amide bonds. The molecule has 1 N–H and O–H groups in total. The highest BCUT2D eigenvalue weighted by atomic mass is 127. The highest BCUT2D eigenvalue weighted by Crippen LogP contribution is 2.23. The number of amides is 1. The molecule has 1 aromatic carbocycles. The highest BCUT2D eigenvalue weighted by molar-refractivity contribution is 14.1. The van der Waals surface area contributed by atoms with Gasteiger partial charge < -0.3 is 9.73 Å². The molecule has 0 spiro atoms. The minimum absolute atomic E-state index is 0.110. The van der Waals surface area contributed by atoms with Crippen LogP contribution in [0.2, 0.25) is 0 Å². The van der Waals surface area contributed by atoms with E-state index in [0.717, 1.165) is 20.0 Å². The molecular weight excluding hydrogens is 411 g/mol. The fourth-order valence-corrected chi connectivity index (χ4v) is 3.13. The number of carbonyl (C=O) groups excluding carboxylic acids is 1. The van der Waals surface area contributed by atoms with E-state index >= 15 is 0 Å². The fraction of sp³-hybridized carbons (Fsp3) is 0.125. The van der Waals surface area contributed by atoms with Crippen LogP contribution in [0.25, 0.3) is 11.5 Å². The zero-order chi connectivity index (χ0) is 15.5. The van der Waals surface area contributed by atoms with Gasteiger partial charge in [-0.05, 0) is 59.8 Å². The van der Waals surface area contributed by atoms with E-state index in [4.69, 9.17) is 4.42 Å². The summed E-state index contributed by atoms with van der Waals surface area (Å²) in [7, 11) is 0. The van der Waals surface area contributed by atoms with Crippen LogP contribution in [0.5, 0.6) is 0 Å². The number of benzene rings is 1. The number of nitrogens with zero attached hydrogens (tertiary/aromatic N) is 1. The van der Waals surface area contributed by atoms with Crippen LogP contribution in [0.1, 0.15) is 21.1 Å². The Kier molecular flexibility index (Phi) is 4.58. The van der Waals surface area contributed by atoms with E-state index in [1.165, 1.54) is 0 Å². The van der Waals surface area contributed by atoms with Crippen LogP contribution in [0, 0.1) is 10.5 Å². The molecule has 0 unspecified atom stereocenters. The predicted octanol–water partition coefficient (Wildman–Crippen LogP) is 4.25. The first kappa shape index (κ1) is 15.2. The standard InChI is InChI=1S/C16H13IN2O2S/c1-10-19-14(9-22-10)15-6-5-13(21-15)8-18-16(20)11-3-2-4-12(17)7-11/h2-7,9H,8H2,1H3,(H,18,20). The molecule has 0 saturated carbocycles. The molecule has 0 radical (unpaired) electrons. The molecule has 22 heavy (non-hydrogen) atoms. The van der Waals surface area contributed by atoms with Crippen LogP contribution in [0.3, 0.4) is 0 Å². The van der Waals surface area contributed by atoms with E-state index in [2.05, 4.69) is 32.9 Å². The lowest BCUT2D eigenvalue weighted by atomic mass is 10.2. The van der Waals surface area contributed by atoms with Crippen molar-refractivity contribution in [3.63, 3.8) is 0 Å². The van der Waals surface area contributed by atoms with Crippen molar-refractivity contribution in [2.75, 3.05) is 0 Å². The summed E-state index contributed by atoms with van der Waals surface area (Å²) in [6.45, 7) is 2.31. The number of aromatic nitrogens is 1. The molecule has 2 heterocycles. The van der Waals surface area contributed by atoms with Crippen LogP contribution in [0.4, 0.5) is 0 Å². The number of aryl methyl sites for hydroxylation is 1. The number of thiazole rings is 1. The average Bonchev–Trinajstić information content (AvgIpc) is 3.13. The lowest BCUT2D eigenvalue weighted by Gasteiger charge is -2.03. The summed E-state index contributed by atoms with van der Waals surface area (Å²) in [5.41, 5.74) is 1.48. The molecule has 3 rings (SSSR count). The Balaban J connectivity index is 1.65. The summed E-state index contributed by atoms with van der Waals surface area (Å²) in [6.07, 6.45) is 0. The first-order valence-electron chi connectivity index (χ1n) is 6.67. The lowest BCUT2D eigenvalue weighted by Crippen LogP contribution is -2.22. The van der Waals surface area contributed by atoms with Gasteiger partial charge in [0.1, 0.15) is 11.5 Å². The molecule has 0 saturated heterocycles. The quantitative estimate of drug-likeness (QED) is 0.638. The smallest absolute Gasteiger partial charge is 0.251 e. The van der Waals surface area contributed by atoms with Gasteiger partial charge in [0.15, 0.2) is 5.76 Å². The molecule has 0 aliphatic carbocycles. The highest BCUT2D eigenvalue weighted by Gasteiger charge is 2.10. The Bertz CT molecular complexity index is 810. The molecule has 0 atom stereocenters. The summed E-state index contributed by atoms with van der Waals surface area (Å²) in [5.74, 6) is 1.32. The van der Waals surface area contributed by atoms with Crippen molar-refractivity contribution in [1.29, 1.82) is 0 Å². The topological polar surface area (TPSA) is 55.1 Å². The first-order valence-corrected chi connectivity index (χ1v) is 8.62. The maximum atomic E-state index is 12.1. The molecule has 0 fully saturated rings. The van der Waals surface area contributed by atoms with Crippen LogP contribution in [-0.4, -0.2) is 10.9 Å². The molecular formula is C16H13IN2O2S. The van der Waals surface area contributed by atoms with Crippen molar-refractivity contribution in [3.05, 3.63) is 61.7 Å². The maximum absolute atomic E-state index is 12.1. The van der Waals surface area contributed by atoms with Gasteiger partial charge in [-0.1, -0.05) is 6.07 Å². The number of halogens is 1. The van der Waals surface area contributed by atoms with Crippen molar-refractivity contribution in [2.45, 2.75) is 13.5 Å². The number of furan rings is 1. The van der Waals surface area contributed by atoms with Crippen molar-refractivity contribution >= 4 is 39.8 Å². The minimum atomic E-state index is -0.110. The monoisotopic (exact) mass is 424 g/mol. The van der Waals surface area contributed by atoms with E-state index in [-0.39, 0.29) is 5.91 Å². The third-order valence-corrected chi connectivity index (χ3v) is 4.49. The Hall–Kier alpha value is -1.67. The van der Waals surface area contributed by atoms with Gasteiger partial charge in [0, 0.05) is 14.5 Å². The summed E-state index contributed by atoms with van der Waals surface area (Å²) in [6, 6.07) is 11.2. The second-order valence-electron chi connectivity index (χ2n) is 4.71. The molecule has 3 aromatic rings. The van der Waals surface area contributed by atoms with Gasteiger partial charge in [-0.25, -0.2) is 4.98 Å². The zero-order valence-corrected chi connectivity index (χ0v) is 14.8.